The first-order chi connectivity index (χ1) is 14.5. The van der Waals surface area contributed by atoms with E-state index in [4.69, 9.17) is 0 Å². The van der Waals surface area contributed by atoms with Crippen LogP contribution in [0, 0.1) is 41.2 Å². The fourth-order valence-electron chi connectivity index (χ4n) is 6.49. The van der Waals surface area contributed by atoms with Crippen molar-refractivity contribution in [2.45, 2.75) is 110 Å². The maximum atomic E-state index is 13.6. The first-order valence-corrected chi connectivity index (χ1v) is 13.0. The van der Waals surface area contributed by atoms with Gasteiger partial charge in [0, 0.05) is 0 Å². The molecule has 0 bridgehead atoms. The molecule has 2 heteroatoms. The van der Waals surface area contributed by atoms with Crippen LogP contribution in [0.3, 0.4) is 0 Å². The van der Waals surface area contributed by atoms with Crippen LogP contribution < -0.4 is 0 Å². The molecule has 3 fully saturated rings. The van der Waals surface area contributed by atoms with E-state index in [1.54, 1.807) is 6.07 Å². The highest BCUT2D eigenvalue weighted by Crippen LogP contribution is 2.51. The predicted octanol–water partition coefficient (Wildman–Crippen LogP) is 9.29. The van der Waals surface area contributed by atoms with E-state index in [9.17, 15) is 8.78 Å². The highest BCUT2D eigenvalue weighted by atomic mass is 19.2. The van der Waals surface area contributed by atoms with Gasteiger partial charge in [0.25, 0.3) is 0 Å². The topological polar surface area (TPSA) is 0 Å². The van der Waals surface area contributed by atoms with Gasteiger partial charge in [-0.3, -0.25) is 0 Å². The smallest absolute Gasteiger partial charge is 0.159 e. The monoisotopic (exact) mass is 418 g/mol. The molecule has 0 amide bonds. The molecule has 1 aromatic rings. The first kappa shape index (κ1) is 23.7. The molecule has 3 aliphatic rings. The van der Waals surface area contributed by atoms with Gasteiger partial charge in [0.1, 0.15) is 0 Å². The second kappa shape index (κ2) is 11.6. The van der Waals surface area contributed by atoms with Gasteiger partial charge in [0.2, 0.25) is 0 Å². The lowest BCUT2D eigenvalue weighted by Gasteiger charge is -2.45. The molecule has 4 rings (SSSR count). The third-order valence-corrected chi connectivity index (χ3v) is 8.70. The summed E-state index contributed by atoms with van der Waals surface area (Å²) in [6.07, 6.45) is 17.7. The van der Waals surface area contributed by atoms with Crippen molar-refractivity contribution in [1.82, 2.24) is 0 Å². The van der Waals surface area contributed by atoms with Crippen LogP contribution in [0.5, 0.6) is 0 Å². The van der Waals surface area contributed by atoms with Crippen molar-refractivity contribution in [2.75, 3.05) is 0 Å². The van der Waals surface area contributed by atoms with Crippen molar-refractivity contribution in [3.8, 4) is 0 Å². The van der Waals surface area contributed by atoms with Crippen LogP contribution in [-0.4, -0.2) is 0 Å². The Bertz CT molecular complexity index is 630. The number of halogens is 2. The summed E-state index contributed by atoms with van der Waals surface area (Å²) >= 11 is 0. The Morgan fingerprint density at radius 3 is 1.83 bits per heavy atom. The number of rotatable bonds is 4. The molecule has 0 saturated heterocycles. The Morgan fingerprint density at radius 1 is 0.667 bits per heavy atom. The second-order valence-corrected chi connectivity index (χ2v) is 10.5. The van der Waals surface area contributed by atoms with Crippen LogP contribution in [0.2, 0.25) is 0 Å². The van der Waals surface area contributed by atoms with Gasteiger partial charge >= 0.3 is 0 Å². The number of benzene rings is 1. The maximum absolute atomic E-state index is 13.6. The second-order valence-electron chi connectivity index (χ2n) is 10.5. The minimum atomic E-state index is -0.722. The first-order valence-electron chi connectivity index (χ1n) is 13.0. The van der Waals surface area contributed by atoms with Crippen molar-refractivity contribution in [2.24, 2.45) is 29.6 Å². The van der Waals surface area contributed by atoms with E-state index in [0.717, 1.165) is 41.6 Å². The van der Waals surface area contributed by atoms with Gasteiger partial charge in [-0.1, -0.05) is 58.9 Å². The zero-order chi connectivity index (χ0) is 21.5. The predicted molar refractivity (Wildman–Crippen MR) is 124 cm³/mol. The lowest BCUT2D eigenvalue weighted by Crippen LogP contribution is -2.34. The van der Waals surface area contributed by atoms with Crippen molar-refractivity contribution in [1.29, 1.82) is 0 Å². The molecule has 0 spiro atoms. The van der Waals surface area contributed by atoms with Crippen molar-refractivity contribution >= 4 is 0 Å². The maximum Gasteiger partial charge on any atom is 0.159 e. The summed E-state index contributed by atoms with van der Waals surface area (Å²) in [5, 5.41) is 0. The average Bonchev–Trinajstić information content (AvgIpc) is 2.80. The summed E-state index contributed by atoms with van der Waals surface area (Å²) in [5.74, 6) is 3.68. The molecule has 4 unspecified atom stereocenters. The Kier molecular flexibility index (Phi) is 9.20. The van der Waals surface area contributed by atoms with Gasteiger partial charge in [0.05, 0.1) is 0 Å². The van der Waals surface area contributed by atoms with Crippen LogP contribution >= 0.6 is 0 Å². The molecule has 4 atom stereocenters. The van der Waals surface area contributed by atoms with E-state index >= 15 is 0 Å². The van der Waals surface area contributed by atoms with Gasteiger partial charge in [-0.25, -0.2) is 8.78 Å². The fourth-order valence-corrected chi connectivity index (χ4v) is 6.49. The highest BCUT2D eigenvalue weighted by molar-refractivity contribution is 5.22. The van der Waals surface area contributed by atoms with Crippen molar-refractivity contribution < 1.29 is 8.78 Å². The van der Waals surface area contributed by atoms with E-state index in [0.29, 0.717) is 5.92 Å². The molecule has 3 saturated carbocycles. The lowest BCUT2D eigenvalue weighted by atomic mass is 9.60. The molecule has 30 heavy (non-hydrogen) atoms. The number of hydrogen-bond acceptors (Lipinski definition) is 0. The van der Waals surface area contributed by atoms with Gasteiger partial charge in [-0.2, -0.15) is 0 Å². The van der Waals surface area contributed by atoms with Crippen molar-refractivity contribution in [3.05, 3.63) is 35.4 Å². The van der Waals surface area contributed by atoms with Crippen LogP contribution in [0.15, 0.2) is 18.2 Å². The summed E-state index contributed by atoms with van der Waals surface area (Å²) in [6, 6.07) is 4.56. The van der Waals surface area contributed by atoms with Gasteiger partial charge in [-0.15, -0.1) is 0 Å². The van der Waals surface area contributed by atoms with Gasteiger partial charge in [0.15, 0.2) is 11.6 Å². The quantitative estimate of drug-likeness (QED) is 0.457. The molecular weight excluding hydrogens is 374 g/mol. The molecule has 0 aromatic heterocycles. The summed E-state index contributed by atoms with van der Waals surface area (Å²) in [6.45, 7) is 6.71. The van der Waals surface area contributed by atoms with E-state index < -0.39 is 11.6 Å². The third-order valence-electron chi connectivity index (χ3n) is 8.70. The summed E-state index contributed by atoms with van der Waals surface area (Å²) < 4.78 is 26.8. The van der Waals surface area contributed by atoms with Crippen LogP contribution in [0.1, 0.15) is 116 Å². The molecule has 0 N–H and O–H groups in total. The molecule has 0 nitrogen and oxygen atoms in total. The Morgan fingerprint density at radius 2 is 1.23 bits per heavy atom. The minimum Gasteiger partial charge on any atom is -0.204 e. The molecule has 0 aliphatic heterocycles. The van der Waals surface area contributed by atoms with E-state index in [1.807, 2.05) is 0 Å². The Hall–Kier alpha value is -0.920. The van der Waals surface area contributed by atoms with Crippen LogP contribution in [0.4, 0.5) is 8.78 Å². The molecule has 3 aliphatic carbocycles. The molecular formula is C28H44F2. The Labute approximate surface area is 184 Å². The summed E-state index contributed by atoms with van der Waals surface area (Å²) in [4.78, 5) is 0. The normalized spacial score (nSPS) is 33.9. The van der Waals surface area contributed by atoms with Crippen LogP contribution in [0.25, 0.3) is 0 Å². The molecule has 170 valence electrons. The van der Waals surface area contributed by atoms with Crippen LogP contribution in [-0.2, 0) is 0 Å². The summed E-state index contributed by atoms with van der Waals surface area (Å²) in [5.41, 5.74) is 1.02. The largest absolute Gasteiger partial charge is 0.204 e. The van der Waals surface area contributed by atoms with Gasteiger partial charge in [-0.05, 0) is 105 Å². The lowest BCUT2D eigenvalue weighted by molar-refractivity contribution is 0.0716. The standard InChI is InChI=1S/C24H34F2.C4H10/c1-2-16-3-5-17(6-4-16)18-7-8-20-14-21(10-9-19(20)13-18)22-11-12-23(25)24(26)15-22;1-3-4-2/h11-12,15-21H,2-10,13-14H2,1H3;3-4H2,1-2H3. The molecule has 0 heterocycles. The zero-order valence-corrected chi connectivity index (χ0v) is 19.6. The SMILES string of the molecule is CCC1CCC(C2CCC3CC(c4ccc(F)c(F)c4)CCC3C2)CC1.CCCC. The molecule has 1 aromatic carbocycles. The number of hydrogen-bond donors (Lipinski definition) is 0. The van der Waals surface area contributed by atoms with Gasteiger partial charge < -0.3 is 0 Å². The summed E-state index contributed by atoms with van der Waals surface area (Å²) in [7, 11) is 0. The average molecular weight is 419 g/mol. The Balaban J connectivity index is 0.000000589. The zero-order valence-electron chi connectivity index (χ0n) is 19.6. The number of fused-ring (bicyclic) bond motifs is 1. The van der Waals surface area contributed by atoms with E-state index in [2.05, 4.69) is 20.8 Å². The highest BCUT2D eigenvalue weighted by Gasteiger charge is 2.39. The van der Waals surface area contributed by atoms with E-state index in [-0.39, 0.29) is 0 Å². The third kappa shape index (κ3) is 6.07. The van der Waals surface area contributed by atoms with Crippen molar-refractivity contribution in [3.63, 3.8) is 0 Å². The van der Waals surface area contributed by atoms with E-state index in [1.165, 1.54) is 89.2 Å². The number of unbranched alkanes of at least 4 members (excludes halogenated alkanes) is 1. The fraction of sp³-hybridized carbons (Fsp3) is 0.786. The minimum absolute atomic E-state index is 0.433. The molecule has 0 radical (unpaired) electrons.